The molecule has 0 saturated carbocycles. The lowest BCUT2D eigenvalue weighted by Crippen LogP contribution is -1.87. The van der Waals surface area contributed by atoms with Crippen molar-refractivity contribution in [3.63, 3.8) is 0 Å². The van der Waals surface area contributed by atoms with Gasteiger partial charge in [0.05, 0.1) is 0 Å². The Labute approximate surface area is 78.2 Å². The third-order valence-electron chi connectivity index (χ3n) is 2.48. The number of nitrogens with two attached hydrogens (primary N) is 1. The molecule has 1 heteroatoms. The summed E-state index contributed by atoms with van der Waals surface area (Å²) < 4.78 is 0. The molecule has 0 heterocycles. The second kappa shape index (κ2) is 2.77. The number of fused-ring (bicyclic) bond motifs is 1. The molecule has 1 nitrogen and oxygen atoms in total. The van der Waals surface area contributed by atoms with E-state index in [4.69, 9.17) is 5.73 Å². The third kappa shape index (κ3) is 1.26. The first-order valence-corrected chi connectivity index (χ1v) is 4.44. The number of hydrogen-bond donors (Lipinski definition) is 1. The van der Waals surface area contributed by atoms with Crippen LogP contribution in [0.5, 0.6) is 0 Å². The number of nitrogen functional groups attached to an aromatic ring is 1. The molecule has 0 saturated heterocycles. The van der Waals surface area contributed by atoms with Crippen LogP contribution in [0, 0.1) is 13.8 Å². The minimum absolute atomic E-state index is 0.834. The van der Waals surface area contributed by atoms with Gasteiger partial charge in [-0.15, -0.1) is 0 Å². The average molecular weight is 171 g/mol. The Morgan fingerprint density at radius 2 is 1.46 bits per heavy atom. The van der Waals surface area contributed by atoms with Crippen LogP contribution in [0.2, 0.25) is 0 Å². The van der Waals surface area contributed by atoms with Crippen molar-refractivity contribution in [3.05, 3.63) is 41.5 Å². The van der Waals surface area contributed by atoms with Gasteiger partial charge in [-0.1, -0.05) is 18.2 Å². The molecular formula is C12H13N. The Kier molecular flexibility index (Phi) is 1.73. The number of anilines is 1. The molecule has 0 atom stereocenters. The third-order valence-corrected chi connectivity index (χ3v) is 2.48. The van der Waals surface area contributed by atoms with Crippen LogP contribution in [-0.4, -0.2) is 0 Å². The molecule has 0 aliphatic carbocycles. The minimum atomic E-state index is 0.834. The van der Waals surface area contributed by atoms with E-state index in [9.17, 15) is 0 Å². The molecule has 0 spiro atoms. The Morgan fingerprint density at radius 1 is 0.846 bits per heavy atom. The second-order valence-electron chi connectivity index (χ2n) is 3.50. The molecule has 2 aromatic carbocycles. The van der Waals surface area contributed by atoms with E-state index in [2.05, 4.69) is 32.0 Å². The number of aryl methyl sites for hydroxylation is 2. The maximum Gasteiger partial charge on any atom is 0.0320 e. The van der Waals surface area contributed by atoms with E-state index in [0.717, 1.165) is 5.69 Å². The summed E-state index contributed by atoms with van der Waals surface area (Å²) in [6.07, 6.45) is 0. The van der Waals surface area contributed by atoms with Crippen molar-refractivity contribution in [3.8, 4) is 0 Å². The zero-order valence-electron chi connectivity index (χ0n) is 7.96. The highest BCUT2D eigenvalue weighted by Crippen LogP contribution is 2.23. The van der Waals surface area contributed by atoms with Crippen molar-refractivity contribution in [2.45, 2.75) is 13.8 Å². The molecular weight excluding hydrogens is 158 g/mol. The van der Waals surface area contributed by atoms with Crippen LogP contribution < -0.4 is 5.73 Å². The summed E-state index contributed by atoms with van der Waals surface area (Å²) in [6, 6.07) is 10.4. The van der Waals surface area contributed by atoms with E-state index in [1.807, 2.05) is 12.1 Å². The molecule has 0 aromatic heterocycles. The molecule has 0 amide bonds. The molecule has 2 rings (SSSR count). The molecule has 2 aromatic rings. The van der Waals surface area contributed by atoms with E-state index < -0.39 is 0 Å². The van der Waals surface area contributed by atoms with Gasteiger partial charge in [0, 0.05) is 5.69 Å². The van der Waals surface area contributed by atoms with Crippen molar-refractivity contribution >= 4 is 16.5 Å². The monoisotopic (exact) mass is 171 g/mol. The quantitative estimate of drug-likeness (QED) is 0.606. The van der Waals surface area contributed by atoms with E-state index in [0.29, 0.717) is 0 Å². The molecule has 0 radical (unpaired) electrons. The number of hydrogen-bond acceptors (Lipinski definition) is 1. The first-order valence-electron chi connectivity index (χ1n) is 4.44. The van der Waals surface area contributed by atoms with Gasteiger partial charge in [0.1, 0.15) is 0 Å². The Morgan fingerprint density at radius 3 is 2.15 bits per heavy atom. The number of rotatable bonds is 0. The van der Waals surface area contributed by atoms with Gasteiger partial charge in [0.2, 0.25) is 0 Å². The molecule has 0 unspecified atom stereocenters. The van der Waals surface area contributed by atoms with Crippen molar-refractivity contribution < 1.29 is 0 Å². The fraction of sp³-hybridized carbons (Fsp3) is 0.167. The van der Waals surface area contributed by atoms with Crippen molar-refractivity contribution in [1.82, 2.24) is 0 Å². The van der Waals surface area contributed by atoms with Crippen LogP contribution >= 0.6 is 0 Å². The van der Waals surface area contributed by atoms with Gasteiger partial charge in [-0.25, -0.2) is 0 Å². The fourth-order valence-electron chi connectivity index (χ4n) is 1.66. The van der Waals surface area contributed by atoms with E-state index in [1.54, 1.807) is 0 Å². The Hall–Kier alpha value is -1.50. The summed E-state index contributed by atoms with van der Waals surface area (Å²) >= 11 is 0. The zero-order chi connectivity index (χ0) is 9.42. The van der Waals surface area contributed by atoms with Gasteiger partial charge in [-0.3, -0.25) is 0 Å². The lowest BCUT2D eigenvalue weighted by atomic mass is 10.0. The summed E-state index contributed by atoms with van der Waals surface area (Å²) in [6.45, 7) is 4.24. The maximum atomic E-state index is 5.74. The molecule has 0 aliphatic rings. The Bertz CT molecular complexity index is 458. The van der Waals surface area contributed by atoms with Crippen LogP contribution in [0.3, 0.4) is 0 Å². The summed E-state index contributed by atoms with van der Waals surface area (Å²) in [5, 5.41) is 2.56. The van der Waals surface area contributed by atoms with Gasteiger partial charge >= 0.3 is 0 Å². The predicted octanol–water partition coefficient (Wildman–Crippen LogP) is 3.04. The highest BCUT2D eigenvalue weighted by atomic mass is 14.5. The van der Waals surface area contributed by atoms with Crippen molar-refractivity contribution in [2.24, 2.45) is 0 Å². The molecule has 2 N–H and O–H groups in total. The second-order valence-corrected chi connectivity index (χ2v) is 3.50. The SMILES string of the molecule is Cc1ccc(C)c2cc(N)ccc12. The van der Waals surface area contributed by atoms with Crippen molar-refractivity contribution in [1.29, 1.82) is 0 Å². The van der Waals surface area contributed by atoms with Gasteiger partial charge in [-0.2, -0.15) is 0 Å². The van der Waals surface area contributed by atoms with Gasteiger partial charge < -0.3 is 5.73 Å². The molecule has 0 aliphatic heterocycles. The predicted molar refractivity (Wildman–Crippen MR) is 57.8 cm³/mol. The molecule has 0 fully saturated rings. The number of benzene rings is 2. The lowest BCUT2D eigenvalue weighted by molar-refractivity contribution is 1.46. The largest absolute Gasteiger partial charge is 0.399 e. The maximum absolute atomic E-state index is 5.74. The summed E-state index contributed by atoms with van der Waals surface area (Å²) in [4.78, 5) is 0. The van der Waals surface area contributed by atoms with E-state index >= 15 is 0 Å². The summed E-state index contributed by atoms with van der Waals surface area (Å²) in [5.41, 5.74) is 9.17. The van der Waals surface area contributed by atoms with Crippen LogP contribution in [-0.2, 0) is 0 Å². The van der Waals surface area contributed by atoms with Gasteiger partial charge in [0.25, 0.3) is 0 Å². The topological polar surface area (TPSA) is 26.0 Å². The smallest absolute Gasteiger partial charge is 0.0320 e. The first kappa shape index (κ1) is 8.11. The highest BCUT2D eigenvalue weighted by molar-refractivity contribution is 5.90. The van der Waals surface area contributed by atoms with Crippen molar-refractivity contribution in [2.75, 3.05) is 5.73 Å². The van der Waals surface area contributed by atoms with Crippen LogP contribution in [0.15, 0.2) is 30.3 Å². The minimum Gasteiger partial charge on any atom is -0.399 e. The van der Waals surface area contributed by atoms with Crippen LogP contribution in [0.25, 0.3) is 10.8 Å². The normalized spacial score (nSPS) is 10.6. The van der Waals surface area contributed by atoms with Gasteiger partial charge in [0.15, 0.2) is 0 Å². The molecule has 13 heavy (non-hydrogen) atoms. The highest BCUT2D eigenvalue weighted by Gasteiger charge is 1.99. The fourth-order valence-corrected chi connectivity index (χ4v) is 1.66. The molecule has 0 bridgehead atoms. The summed E-state index contributed by atoms with van der Waals surface area (Å²) in [7, 11) is 0. The Balaban J connectivity index is 2.92. The van der Waals surface area contributed by atoms with E-state index in [-0.39, 0.29) is 0 Å². The summed E-state index contributed by atoms with van der Waals surface area (Å²) in [5.74, 6) is 0. The van der Waals surface area contributed by atoms with E-state index in [1.165, 1.54) is 21.9 Å². The van der Waals surface area contributed by atoms with Crippen LogP contribution in [0.4, 0.5) is 5.69 Å². The average Bonchev–Trinajstić information content (AvgIpc) is 2.12. The lowest BCUT2D eigenvalue weighted by Gasteiger charge is -2.05. The standard InChI is InChI=1S/C12H13N/c1-8-3-4-9(2)12-7-10(13)5-6-11(8)12/h3-7H,13H2,1-2H3. The molecule has 66 valence electrons. The zero-order valence-corrected chi connectivity index (χ0v) is 7.96. The van der Waals surface area contributed by atoms with Gasteiger partial charge in [-0.05, 0) is 47.9 Å². The first-order chi connectivity index (χ1) is 6.18. The van der Waals surface area contributed by atoms with Crippen LogP contribution in [0.1, 0.15) is 11.1 Å².